The zero-order chi connectivity index (χ0) is 15.0. The summed E-state index contributed by atoms with van der Waals surface area (Å²) in [4.78, 5) is 8.68. The summed E-state index contributed by atoms with van der Waals surface area (Å²) in [5.74, 6) is 0.0822. The number of rotatable bonds is 3. The van der Waals surface area contributed by atoms with Crippen LogP contribution in [0, 0.1) is 19.7 Å². The number of nitrogens with zero attached hydrogens (tertiary/aromatic N) is 3. The first-order valence-corrected chi connectivity index (χ1v) is 6.72. The van der Waals surface area contributed by atoms with Gasteiger partial charge in [-0.15, -0.1) is 0 Å². The monoisotopic (exact) mass is 285 g/mol. The molecule has 108 valence electrons. The number of halogens is 1. The topological polar surface area (TPSA) is 66.5 Å². The Balaban J connectivity index is 2.15. The lowest BCUT2D eigenvalue weighted by Gasteiger charge is -2.09. The number of aromatic nitrogens is 4. The fourth-order valence-corrected chi connectivity index (χ4v) is 2.46. The Labute approximate surface area is 121 Å². The van der Waals surface area contributed by atoms with Crippen LogP contribution in [0.5, 0.6) is 0 Å². The van der Waals surface area contributed by atoms with Crippen molar-refractivity contribution in [2.45, 2.75) is 20.4 Å². The SMILES string of the molecule is CNCc1cc(C)c(-c2ncc3n[nH]c(C)c3n2)c(F)c1. The second-order valence-electron chi connectivity index (χ2n) is 5.08. The molecule has 0 aliphatic rings. The third-order valence-corrected chi connectivity index (χ3v) is 3.42. The van der Waals surface area contributed by atoms with Gasteiger partial charge >= 0.3 is 0 Å². The number of hydrogen-bond acceptors (Lipinski definition) is 4. The van der Waals surface area contributed by atoms with Gasteiger partial charge in [0.25, 0.3) is 0 Å². The van der Waals surface area contributed by atoms with E-state index in [1.807, 2.05) is 27.0 Å². The molecule has 0 saturated heterocycles. The van der Waals surface area contributed by atoms with Gasteiger partial charge in [0.05, 0.1) is 17.5 Å². The van der Waals surface area contributed by atoms with Crippen LogP contribution in [0.25, 0.3) is 22.4 Å². The van der Waals surface area contributed by atoms with E-state index in [0.717, 1.165) is 22.3 Å². The molecule has 2 heterocycles. The highest BCUT2D eigenvalue weighted by atomic mass is 19.1. The quantitative estimate of drug-likeness (QED) is 0.776. The first-order valence-electron chi connectivity index (χ1n) is 6.72. The van der Waals surface area contributed by atoms with Crippen LogP contribution >= 0.6 is 0 Å². The summed E-state index contributed by atoms with van der Waals surface area (Å²) >= 11 is 0. The van der Waals surface area contributed by atoms with Gasteiger partial charge in [-0.05, 0) is 38.1 Å². The number of hydrogen-bond donors (Lipinski definition) is 2. The Kier molecular flexibility index (Phi) is 3.39. The maximum atomic E-state index is 14.4. The van der Waals surface area contributed by atoms with E-state index in [9.17, 15) is 4.39 Å². The Morgan fingerprint density at radius 2 is 2.10 bits per heavy atom. The van der Waals surface area contributed by atoms with E-state index in [0.29, 0.717) is 23.4 Å². The number of H-pyrrole nitrogens is 1. The zero-order valence-electron chi connectivity index (χ0n) is 12.2. The highest BCUT2D eigenvalue weighted by Crippen LogP contribution is 2.26. The molecule has 0 atom stereocenters. The smallest absolute Gasteiger partial charge is 0.163 e. The minimum atomic E-state index is -0.305. The molecule has 2 N–H and O–H groups in total. The predicted octanol–water partition coefficient (Wildman–Crippen LogP) is 2.50. The van der Waals surface area contributed by atoms with Gasteiger partial charge in [0.15, 0.2) is 5.82 Å². The molecule has 3 aromatic rings. The zero-order valence-corrected chi connectivity index (χ0v) is 12.2. The van der Waals surface area contributed by atoms with Gasteiger partial charge in [0.2, 0.25) is 0 Å². The molecule has 0 saturated carbocycles. The van der Waals surface area contributed by atoms with Crippen LogP contribution in [0.1, 0.15) is 16.8 Å². The van der Waals surface area contributed by atoms with Gasteiger partial charge < -0.3 is 5.32 Å². The van der Waals surface area contributed by atoms with Crippen LogP contribution in [0.4, 0.5) is 4.39 Å². The average molecular weight is 285 g/mol. The van der Waals surface area contributed by atoms with Crippen LogP contribution in [0.3, 0.4) is 0 Å². The molecule has 5 nitrogen and oxygen atoms in total. The van der Waals surface area contributed by atoms with Gasteiger partial charge in [-0.1, -0.05) is 6.07 Å². The maximum absolute atomic E-state index is 14.4. The van der Waals surface area contributed by atoms with Crippen molar-refractivity contribution < 1.29 is 4.39 Å². The highest BCUT2D eigenvalue weighted by molar-refractivity contribution is 5.78. The third kappa shape index (κ3) is 2.38. The first-order chi connectivity index (χ1) is 10.1. The highest BCUT2D eigenvalue weighted by Gasteiger charge is 2.15. The Morgan fingerprint density at radius 3 is 2.81 bits per heavy atom. The summed E-state index contributed by atoms with van der Waals surface area (Å²) < 4.78 is 14.4. The lowest BCUT2D eigenvalue weighted by molar-refractivity contribution is 0.625. The molecule has 3 rings (SSSR count). The molecule has 0 radical (unpaired) electrons. The van der Waals surface area contributed by atoms with Crippen LogP contribution in [-0.4, -0.2) is 27.2 Å². The minimum Gasteiger partial charge on any atom is -0.316 e. The van der Waals surface area contributed by atoms with E-state index >= 15 is 0 Å². The van der Waals surface area contributed by atoms with Crippen LogP contribution in [-0.2, 0) is 6.54 Å². The van der Waals surface area contributed by atoms with Gasteiger partial charge in [0.1, 0.15) is 16.9 Å². The summed E-state index contributed by atoms with van der Waals surface area (Å²) in [7, 11) is 1.83. The largest absolute Gasteiger partial charge is 0.316 e. The van der Waals surface area contributed by atoms with Crippen molar-refractivity contribution in [1.29, 1.82) is 0 Å². The van der Waals surface area contributed by atoms with E-state index < -0.39 is 0 Å². The number of aryl methyl sites for hydroxylation is 2. The van der Waals surface area contributed by atoms with Crippen molar-refractivity contribution in [2.24, 2.45) is 0 Å². The Hall–Kier alpha value is -2.34. The fourth-order valence-electron chi connectivity index (χ4n) is 2.46. The summed E-state index contributed by atoms with van der Waals surface area (Å²) in [5, 5.41) is 9.96. The molecular weight excluding hydrogens is 269 g/mol. The molecule has 0 unspecified atom stereocenters. The molecule has 0 aliphatic carbocycles. The molecule has 6 heteroatoms. The molecule has 0 fully saturated rings. The summed E-state index contributed by atoms with van der Waals surface area (Å²) in [6, 6.07) is 3.47. The first kappa shape index (κ1) is 13.6. The summed E-state index contributed by atoms with van der Waals surface area (Å²) in [5.41, 5.74) is 4.41. The molecule has 21 heavy (non-hydrogen) atoms. The van der Waals surface area contributed by atoms with Crippen LogP contribution in [0.2, 0.25) is 0 Å². The number of aromatic amines is 1. The fraction of sp³-hybridized carbons (Fsp3) is 0.267. The average Bonchev–Trinajstić information content (AvgIpc) is 2.80. The predicted molar refractivity (Wildman–Crippen MR) is 79.3 cm³/mol. The standard InChI is InChI=1S/C15H16FN5/c1-8-4-10(6-17-3)5-11(16)13(8)15-18-7-12-14(19-15)9(2)20-21-12/h4-5,7,17H,6H2,1-3H3,(H,20,21). The second-order valence-corrected chi connectivity index (χ2v) is 5.08. The van der Waals surface area contributed by atoms with Crippen LogP contribution < -0.4 is 5.32 Å². The van der Waals surface area contributed by atoms with E-state index in [2.05, 4.69) is 25.5 Å². The normalized spacial score (nSPS) is 11.2. The summed E-state index contributed by atoms with van der Waals surface area (Å²) in [6.07, 6.45) is 1.61. The lowest BCUT2D eigenvalue weighted by atomic mass is 10.0. The number of nitrogens with one attached hydrogen (secondary N) is 2. The van der Waals surface area contributed by atoms with E-state index in [1.165, 1.54) is 6.07 Å². The molecule has 0 spiro atoms. The van der Waals surface area contributed by atoms with Gasteiger partial charge in [-0.2, -0.15) is 5.10 Å². The van der Waals surface area contributed by atoms with Crippen molar-refractivity contribution in [3.63, 3.8) is 0 Å². The minimum absolute atomic E-state index is 0.305. The van der Waals surface area contributed by atoms with Gasteiger partial charge in [-0.25, -0.2) is 14.4 Å². The van der Waals surface area contributed by atoms with Gasteiger partial charge in [0, 0.05) is 6.54 Å². The lowest BCUT2D eigenvalue weighted by Crippen LogP contribution is -2.06. The van der Waals surface area contributed by atoms with E-state index in [1.54, 1.807) is 6.20 Å². The van der Waals surface area contributed by atoms with Crippen molar-refractivity contribution in [1.82, 2.24) is 25.5 Å². The van der Waals surface area contributed by atoms with E-state index in [4.69, 9.17) is 0 Å². The number of benzene rings is 1. The van der Waals surface area contributed by atoms with Crippen molar-refractivity contribution in [3.8, 4) is 11.4 Å². The maximum Gasteiger partial charge on any atom is 0.163 e. The van der Waals surface area contributed by atoms with Crippen molar-refractivity contribution >= 4 is 11.0 Å². The van der Waals surface area contributed by atoms with E-state index in [-0.39, 0.29) is 5.82 Å². The van der Waals surface area contributed by atoms with Crippen LogP contribution in [0.15, 0.2) is 18.3 Å². The Bertz CT molecular complexity index is 786. The molecule has 0 amide bonds. The van der Waals surface area contributed by atoms with Gasteiger partial charge in [-0.3, -0.25) is 5.10 Å². The third-order valence-electron chi connectivity index (χ3n) is 3.42. The molecular formula is C15H16FN5. The number of fused-ring (bicyclic) bond motifs is 1. The second kappa shape index (κ2) is 5.21. The molecule has 1 aromatic carbocycles. The van der Waals surface area contributed by atoms with Crippen molar-refractivity contribution in [3.05, 3.63) is 41.0 Å². The molecule has 0 aliphatic heterocycles. The Morgan fingerprint density at radius 1 is 1.29 bits per heavy atom. The molecule has 0 bridgehead atoms. The van der Waals surface area contributed by atoms with Crippen molar-refractivity contribution in [2.75, 3.05) is 7.05 Å². The molecule has 2 aromatic heterocycles. The summed E-state index contributed by atoms with van der Waals surface area (Å²) in [6.45, 7) is 4.37.